The van der Waals surface area contributed by atoms with Crippen LogP contribution in [0.25, 0.3) is 0 Å². The maximum absolute atomic E-state index is 2.34. The molecule has 2 atom stereocenters. The van der Waals surface area contributed by atoms with Gasteiger partial charge in [-0.2, -0.15) is 0 Å². The van der Waals surface area contributed by atoms with E-state index >= 15 is 0 Å². The molecule has 92 valence electrons. The minimum atomic E-state index is 0.574. The van der Waals surface area contributed by atoms with Crippen molar-refractivity contribution in [3.8, 4) is 0 Å². The van der Waals surface area contributed by atoms with Gasteiger partial charge in [-0.1, -0.05) is 36.4 Å². The second-order valence-electron chi connectivity index (χ2n) is 4.93. The molecule has 0 saturated heterocycles. The molecule has 0 bridgehead atoms. The molecule has 0 saturated carbocycles. The Kier molecular flexibility index (Phi) is 2.92. The Bertz CT molecular complexity index is 552. The quantitative estimate of drug-likeness (QED) is 0.726. The van der Waals surface area contributed by atoms with Crippen molar-refractivity contribution < 1.29 is 0 Å². The Hall–Kier alpha value is -1.25. The van der Waals surface area contributed by atoms with Crippen molar-refractivity contribution in [1.82, 2.24) is 4.48 Å². The molecular weight excluding hydrogens is 238 g/mol. The molecule has 2 heteroatoms. The lowest BCUT2D eigenvalue weighted by atomic mass is 10.1. The molecule has 0 aliphatic carbocycles. The Labute approximate surface area is 113 Å². The van der Waals surface area contributed by atoms with E-state index in [1.54, 1.807) is 0 Å². The summed E-state index contributed by atoms with van der Waals surface area (Å²) in [4.78, 5) is 0. The third kappa shape index (κ3) is 1.60. The normalized spacial score (nSPS) is 26.0. The summed E-state index contributed by atoms with van der Waals surface area (Å²) in [5, 5.41) is 0.574. The van der Waals surface area contributed by atoms with Crippen LogP contribution < -0.4 is 4.48 Å². The van der Waals surface area contributed by atoms with E-state index < -0.39 is 0 Å². The van der Waals surface area contributed by atoms with Crippen LogP contribution in [0.4, 0.5) is 11.4 Å². The standard InChI is InChI=1S/C16H18NS/c1-17(14-9-4-3-5-10-14)15-11-7-6-8-13(15)12-16(17)18-2/h3-11,16H,12H2,1-2H3/q+1. The molecule has 2 unspecified atom stereocenters. The van der Waals surface area contributed by atoms with E-state index in [0.717, 1.165) is 10.9 Å². The number of para-hydroxylation sites is 2. The first-order valence-corrected chi connectivity index (χ1v) is 7.58. The third-order valence-corrected chi connectivity index (χ3v) is 5.16. The number of thioether (sulfide) groups is 1. The van der Waals surface area contributed by atoms with Crippen LogP contribution in [-0.4, -0.2) is 18.7 Å². The Morgan fingerprint density at radius 2 is 1.67 bits per heavy atom. The van der Waals surface area contributed by atoms with Crippen molar-refractivity contribution in [2.75, 3.05) is 13.3 Å². The first-order valence-electron chi connectivity index (χ1n) is 6.30. The summed E-state index contributed by atoms with van der Waals surface area (Å²) in [5.41, 5.74) is 4.31. The van der Waals surface area contributed by atoms with Gasteiger partial charge in [-0.3, -0.25) is 0 Å². The fourth-order valence-electron chi connectivity index (χ4n) is 3.00. The molecule has 0 amide bonds. The molecule has 0 N–H and O–H groups in total. The molecule has 18 heavy (non-hydrogen) atoms. The lowest BCUT2D eigenvalue weighted by molar-refractivity contribution is 0.462. The highest BCUT2D eigenvalue weighted by Gasteiger charge is 2.44. The predicted molar refractivity (Wildman–Crippen MR) is 81.3 cm³/mol. The number of quaternary nitrogens is 1. The minimum absolute atomic E-state index is 0.574. The summed E-state index contributed by atoms with van der Waals surface area (Å²) in [6, 6.07) is 19.7. The van der Waals surface area contributed by atoms with Gasteiger partial charge in [-0.15, -0.1) is 11.8 Å². The molecule has 0 spiro atoms. The van der Waals surface area contributed by atoms with Gasteiger partial charge < -0.3 is 0 Å². The third-order valence-electron chi connectivity index (χ3n) is 4.03. The van der Waals surface area contributed by atoms with Crippen molar-refractivity contribution in [3.05, 3.63) is 60.2 Å². The van der Waals surface area contributed by atoms with Crippen LogP contribution in [0.3, 0.4) is 0 Å². The summed E-state index contributed by atoms with van der Waals surface area (Å²) in [7, 11) is 2.34. The summed E-state index contributed by atoms with van der Waals surface area (Å²) >= 11 is 1.96. The number of likely N-dealkylation sites (N-methyl/N-ethyl adjacent to an activating group) is 1. The van der Waals surface area contributed by atoms with Gasteiger partial charge >= 0.3 is 0 Å². The molecule has 3 rings (SSSR count). The van der Waals surface area contributed by atoms with Crippen molar-refractivity contribution in [2.45, 2.75) is 11.8 Å². The molecule has 0 aromatic heterocycles. The van der Waals surface area contributed by atoms with Crippen LogP contribution in [0.2, 0.25) is 0 Å². The zero-order valence-electron chi connectivity index (χ0n) is 10.8. The van der Waals surface area contributed by atoms with E-state index in [9.17, 15) is 0 Å². The molecule has 1 aliphatic rings. The molecule has 0 fully saturated rings. The van der Waals surface area contributed by atoms with Crippen molar-refractivity contribution in [3.63, 3.8) is 0 Å². The zero-order valence-corrected chi connectivity index (χ0v) is 11.7. The SMILES string of the molecule is CSC1Cc2ccccc2[N+]1(C)c1ccccc1. The smallest absolute Gasteiger partial charge is 0.149 e. The molecule has 0 radical (unpaired) electrons. The number of benzene rings is 2. The molecule has 1 heterocycles. The van der Waals surface area contributed by atoms with E-state index in [4.69, 9.17) is 0 Å². The Morgan fingerprint density at radius 3 is 2.39 bits per heavy atom. The summed E-state index contributed by atoms with van der Waals surface area (Å²) < 4.78 is 0.915. The van der Waals surface area contributed by atoms with Gasteiger partial charge in [0.25, 0.3) is 0 Å². The van der Waals surface area contributed by atoms with Gasteiger partial charge in [0, 0.05) is 12.0 Å². The van der Waals surface area contributed by atoms with E-state index in [1.165, 1.54) is 16.9 Å². The molecule has 2 aromatic carbocycles. The molecular formula is C16H18NS+. The summed E-state index contributed by atoms with van der Waals surface area (Å²) in [5.74, 6) is 0. The molecule has 1 nitrogen and oxygen atoms in total. The van der Waals surface area contributed by atoms with Crippen LogP contribution in [-0.2, 0) is 6.42 Å². The van der Waals surface area contributed by atoms with Gasteiger partial charge in [0.1, 0.15) is 16.7 Å². The average Bonchev–Trinajstić information content (AvgIpc) is 2.74. The monoisotopic (exact) mass is 256 g/mol. The summed E-state index contributed by atoms with van der Waals surface area (Å²) in [6.45, 7) is 0. The number of hydrogen-bond donors (Lipinski definition) is 0. The lowest BCUT2D eigenvalue weighted by Gasteiger charge is -2.35. The maximum atomic E-state index is 2.34. The highest BCUT2D eigenvalue weighted by atomic mass is 32.2. The Morgan fingerprint density at radius 1 is 1.00 bits per heavy atom. The van der Waals surface area contributed by atoms with Crippen molar-refractivity contribution in [1.29, 1.82) is 0 Å². The first kappa shape index (κ1) is 11.8. The van der Waals surface area contributed by atoms with Gasteiger partial charge in [-0.25, -0.2) is 4.48 Å². The largest absolute Gasteiger partial charge is 0.250 e. The van der Waals surface area contributed by atoms with E-state index in [2.05, 4.69) is 67.9 Å². The number of hydrogen-bond acceptors (Lipinski definition) is 1. The number of rotatable bonds is 2. The van der Waals surface area contributed by atoms with Crippen LogP contribution >= 0.6 is 11.8 Å². The van der Waals surface area contributed by atoms with E-state index in [1.807, 2.05) is 11.8 Å². The maximum Gasteiger partial charge on any atom is 0.149 e. The van der Waals surface area contributed by atoms with E-state index in [-0.39, 0.29) is 0 Å². The fourth-order valence-corrected chi connectivity index (χ4v) is 4.00. The van der Waals surface area contributed by atoms with Gasteiger partial charge in [0.05, 0.1) is 7.05 Å². The minimum Gasteiger partial charge on any atom is -0.250 e. The Balaban J connectivity index is 2.19. The molecule has 2 aromatic rings. The average molecular weight is 256 g/mol. The van der Waals surface area contributed by atoms with Crippen LogP contribution in [0.5, 0.6) is 0 Å². The van der Waals surface area contributed by atoms with Gasteiger partial charge in [0.2, 0.25) is 0 Å². The second-order valence-corrected chi connectivity index (χ2v) is 5.95. The zero-order chi connectivity index (χ0) is 12.6. The van der Waals surface area contributed by atoms with Gasteiger partial charge in [0.15, 0.2) is 0 Å². The van der Waals surface area contributed by atoms with Crippen molar-refractivity contribution in [2.24, 2.45) is 0 Å². The first-order chi connectivity index (χ1) is 8.76. The number of fused-ring (bicyclic) bond motifs is 1. The summed E-state index contributed by atoms with van der Waals surface area (Å²) in [6.07, 6.45) is 3.37. The number of nitrogens with zero attached hydrogens (tertiary/aromatic N) is 1. The predicted octanol–water partition coefficient (Wildman–Crippen LogP) is 4.20. The second kappa shape index (κ2) is 4.45. The van der Waals surface area contributed by atoms with Gasteiger partial charge in [-0.05, 0) is 24.5 Å². The highest BCUT2D eigenvalue weighted by Crippen LogP contribution is 2.47. The fraction of sp³-hybridized carbons (Fsp3) is 0.250. The van der Waals surface area contributed by atoms with Crippen LogP contribution in [0.1, 0.15) is 5.56 Å². The van der Waals surface area contributed by atoms with E-state index in [0.29, 0.717) is 5.37 Å². The highest BCUT2D eigenvalue weighted by molar-refractivity contribution is 7.99. The van der Waals surface area contributed by atoms with Crippen molar-refractivity contribution >= 4 is 23.1 Å². The van der Waals surface area contributed by atoms with Crippen LogP contribution in [0.15, 0.2) is 54.6 Å². The molecule has 1 aliphatic heterocycles. The van der Waals surface area contributed by atoms with Crippen LogP contribution in [0, 0.1) is 0 Å². The topological polar surface area (TPSA) is 0 Å². The lowest BCUT2D eigenvalue weighted by Crippen LogP contribution is -2.44.